The molecule has 7 heteroatoms. The molecule has 0 aromatic heterocycles. The Balaban J connectivity index is 1.85. The van der Waals surface area contributed by atoms with Crippen LogP contribution >= 0.6 is 0 Å². The molecule has 0 amide bonds. The first kappa shape index (κ1) is 13.6. The van der Waals surface area contributed by atoms with Crippen molar-refractivity contribution in [1.82, 2.24) is 4.72 Å². The first-order valence-corrected chi connectivity index (χ1v) is 7.71. The van der Waals surface area contributed by atoms with Crippen molar-refractivity contribution in [2.75, 3.05) is 5.32 Å². The summed E-state index contributed by atoms with van der Waals surface area (Å²) in [5, 5.41) is 2.92. The van der Waals surface area contributed by atoms with Crippen LogP contribution in [0.2, 0.25) is 0 Å². The van der Waals surface area contributed by atoms with Crippen LogP contribution in [0.4, 0.5) is 10.1 Å². The van der Waals surface area contributed by atoms with E-state index < -0.39 is 10.0 Å². The average Bonchev–Trinajstić information content (AvgIpc) is 2.46. The molecule has 1 aliphatic rings. The van der Waals surface area contributed by atoms with Crippen LogP contribution in [0.5, 0.6) is 0 Å². The molecule has 1 heterocycles. The van der Waals surface area contributed by atoms with Crippen LogP contribution in [0, 0.1) is 5.82 Å². The lowest BCUT2D eigenvalue weighted by molar-refractivity contribution is 0.591. The first-order chi connectivity index (χ1) is 10.0. The molecule has 21 heavy (non-hydrogen) atoms. The summed E-state index contributed by atoms with van der Waals surface area (Å²) in [5.74, 6) is -0.171. The highest BCUT2D eigenvalue weighted by Gasteiger charge is 2.25. The lowest BCUT2D eigenvalue weighted by atomic mass is 10.2. The Morgan fingerprint density at radius 2 is 1.76 bits per heavy atom. The van der Waals surface area contributed by atoms with Crippen molar-refractivity contribution < 1.29 is 12.8 Å². The molecule has 0 saturated heterocycles. The number of rotatable bonds is 2. The third-order valence-electron chi connectivity index (χ3n) is 2.99. The van der Waals surface area contributed by atoms with Gasteiger partial charge in [-0.25, -0.2) is 22.5 Å². The van der Waals surface area contributed by atoms with E-state index in [4.69, 9.17) is 0 Å². The molecule has 3 rings (SSSR count). The van der Waals surface area contributed by atoms with Crippen molar-refractivity contribution in [3.63, 3.8) is 0 Å². The van der Waals surface area contributed by atoms with E-state index in [1.54, 1.807) is 30.3 Å². The van der Waals surface area contributed by atoms with Crippen molar-refractivity contribution in [1.29, 1.82) is 0 Å². The van der Waals surface area contributed by atoms with Gasteiger partial charge in [-0.3, -0.25) is 0 Å². The summed E-state index contributed by atoms with van der Waals surface area (Å²) >= 11 is 0. The van der Waals surface area contributed by atoms with Crippen molar-refractivity contribution in [3.8, 4) is 0 Å². The van der Waals surface area contributed by atoms with Gasteiger partial charge in [0.05, 0.1) is 12.2 Å². The molecule has 0 unspecified atom stereocenters. The fraction of sp³-hybridized carbons (Fsp3) is 0.0714. The van der Waals surface area contributed by atoms with E-state index in [0.717, 1.165) is 5.56 Å². The summed E-state index contributed by atoms with van der Waals surface area (Å²) in [5.41, 5.74) is 1.26. The van der Waals surface area contributed by atoms with E-state index in [-0.39, 0.29) is 23.2 Å². The smallest absolute Gasteiger partial charge is 0.266 e. The molecule has 0 spiro atoms. The highest BCUT2D eigenvalue weighted by Crippen LogP contribution is 2.23. The summed E-state index contributed by atoms with van der Waals surface area (Å²) < 4.78 is 39.3. The summed E-state index contributed by atoms with van der Waals surface area (Å²) in [4.78, 5) is 4.36. The summed E-state index contributed by atoms with van der Waals surface area (Å²) in [6.07, 6.45) is 0. The average molecular weight is 305 g/mol. The van der Waals surface area contributed by atoms with Gasteiger partial charge in [-0.1, -0.05) is 24.3 Å². The molecule has 5 nitrogen and oxygen atoms in total. The molecule has 108 valence electrons. The van der Waals surface area contributed by atoms with Gasteiger partial charge in [-0.15, -0.1) is 0 Å². The third kappa shape index (κ3) is 2.87. The molecule has 0 saturated carbocycles. The lowest BCUT2D eigenvalue weighted by Gasteiger charge is -2.21. The van der Waals surface area contributed by atoms with Crippen LogP contribution in [0.1, 0.15) is 5.56 Å². The van der Waals surface area contributed by atoms with Gasteiger partial charge < -0.3 is 5.32 Å². The molecule has 0 bridgehead atoms. The number of para-hydroxylation sites is 1. The predicted molar refractivity (Wildman–Crippen MR) is 77.9 cm³/mol. The van der Waals surface area contributed by atoms with Crippen molar-refractivity contribution in [2.45, 2.75) is 11.4 Å². The Hall–Kier alpha value is -2.41. The molecule has 0 fully saturated rings. The maximum atomic E-state index is 12.8. The minimum absolute atomic E-state index is 0.151. The normalized spacial score (nSPS) is 17.7. The summed E-state index contributed by atoms with van der Waals surface area (Å²) in [6, 6.07) is 12.5. The number of nitrogens with one attached hydrogen (secondary N) is 2. The first-order valence-electron chi connectivity index (χ1n) is 6.22. The van der Waals surface area contributed by atoms with Gasteiger partial charge >= 0.3 is 0 Å². The van der Waals surface area contributed by atoms with Gasteiger partial charge in [0.1, 0.15) is 10.7 Å². The highest BCUT2D eigenvalue weighted by molar-refractivity contribution is 7.90. The molecule has 1 aliphatic heterocycles. The van der Waals surface area contributed by atoms with Crippen LogP contribution in [0.15, 0.2) is 58.4 Å². The Labute approximate surface area is 121 Å². The predicted octanol–water partition coefficient (Wildman–Crippen LogP) is 2.09. The number of benzene rings is 2. The molecule has 0 radical (unpaired) electrons. The molecular weight excluding hydrogens is 293 g/mol. The van der Waals surface area contributed by atoms with Gasteiger partial charge in [0, 0.05) is 0 Å². The Bertz CT molecular complexity index is 801. The zero-order valence-corrected chi connectivity index (χ0v) is 11.7. The standard InChI is InChI=1S/C14H12FN3O2S/c15-11-7-5-10(6-8-11)9-16-14-17-12-3-1-2-4-13(12)21(19,20)18-14/h1-8H,9H2,(H2,16,17,18). The maximum Gasteiger partial charge on any atom is 0.266 e. The fourth-order valence-electron chi connectivity index (χ4n) is 1.97. The van der Waals surface area contributed by atoms with Crippen LogP contribution in [-0.2, 0) is 16.6 Å². The monoisotopic (exact) mass is 305 g/mol. The van der Waals surface area contributed by atoms with Crippen LogP contribution < -0.4 is 10.0 Å². The van der Waals surface area contributed by atoms with E-state index in [2.05, 4.69) is 15.0 Å². The van der Waals surface area contributed by atoms with Crippen LogP contribution in [0.3, 0.4) is 0 Å². The number of hydrogen-bond acceptors (Lipinski definition) is 3. The summed E-state index contributed by atoms with van der Waals surface area (Å²) in [6.45, 7) is 0.243. The van der Waals surface area contributed by atoms with Crippen LogP contribution in [-0.4, -0.2) is 14.4 Å². The molecule has 2 aromatic rings. The number of halogens is 1. The second-order valence-corrected chi connectivity index (χ2v) is 6.17. The third-order valence-corrected chi connectivity index (χ3v) is 4.39. The van der Waals surface area contributed by atoms with Gasteiger partial charge in [0.15, 0.2) is 0 Å². The highest BCUT2D eigenvalue weighted by atomic mass is 32.2. The second kappa shape index (κ2) is 5.17. The maximum absolute atomic E-state index is 12.8. The molecule has 2 aromatic carbocycles. The van der Waals surface area contributed by atoms with Gasteiger partial charge in [0.25, 0.3) is 10.0 Å². The Morgan fingerprint density at radius 1 is 1.05 bits per heavy atom. The Kier molecular flexibility index (Phi) is 3.34. The molecule has 0 atom stereocenters. The minimum Gasteiger partial charge on any atom is -0.324 e. The molecule has 0 aliphatic carbocycles. The van der Waals surface area contributed by atoms with Crippen molar-refractivity contribution >= 4 is 21.7 Å². The fourth-order valence-corrected chi connectivity index (χ4v) is 3.12. The van der Waals surface area contributed by atoms with E-state index in [0.29, 0.717) is 5.69 Å². The quantitative estimate of drug-likeness (QED) is 0.892. The second-order valence-electron chi connectivity index (χ2n) is 4.52. The number of fused-ring (bicyclic) bond motifs is 1. The zero-order valence-electron chi connectivity index (χ0n) is 10.9. The van der Waals surface area contributed by atoms with E-state index in [1.165, 1.54) is 18.2 Å². The summed E-state index contributed by atoms with van der Waals surface area (Å²) in [7, 11) is -3.61. The van der Waals surface area contributed by atoms with Crippen LogP contribution in [0.25, 0.3) is 0 Å². The SMILES string of the molecule is O=S1(=O)NC(=NCc2ccc(F)cc2)Nc2ccccc21. The largest absolute Gasteiger partial charge is 0.324 e. The topological polar surface area (TPSA) is 70.6 Å². The van der Waals surface area contributed by atoms with Crippen molar-refractivity contribution in [3.05, 3.63) is 59.9 Å². The zero-order chi connectivity index (χ0) is 14.9. The number of anilines is 1. The minimum atomic E-state index is -3.61. The number of sulfonamides is 1. The Morgan fingerprint density at radius 3 is 2.52 bits per heavy atom. The van der Waals surface area contributed by atoms with Crippen molar-refractivity contribution in [2.24, 2.45) is 4.99 Å². The molecule has 2 N–H and O–H groups in total. The number of hydrogen-bond donors (Lipinski definition) is 2. The van der Waals surface area contributed by atoms with Gasteiger partial charge in [0.2, 0.25) is 5.96 Å². The number of nitrogens with zero attached hydrogens (tertiary/aromatic N) is 1. The lowest BCUT2D eigenvalue weighted by Crippen LogP contribution is -2.40. The van der Waals surface area contributed by atoms with Gasteiger partial charge in [-0.05, 0) is 29.8 Å². The van der Waals surface area contributed by atoms with E-state index >= 15 is 0 Å². The van der Waals surface area contributed by atoms with E-state index in [9.17, 15) is 12.8 Å². The van der Waals surface area contributed by atoms with Gasteiger partial charge in [-0.2, -0.15) is 0 Å². The van der Waals surface area contributed by atoms with E-state index in [1.807, 2.05) is 0 Å². The number of aliphatic imine (C=N–C) groups is 1. The molecular formula is C14H12FN3O2S. The number of guanidine groups is 1.